The first-order valence-corrected chi connectivity index (χ1v) is 14.1. The summed E-state index contributed by atoms with van der Waals surface area (Å²) in [6.07, 6.45) is -0.408. The van der Waals surface area contributed by atoms with Crippen molar-refractivity contribution in [2.24, 2.45) is 16.2 Å². The molecule has 3 aromatic carbocycles. The van der Waals surface area contributed by atoms with Crippen LogP contribution < -0.4 is 0 Å². The summed E-state index contributed by atoms with van der Waals surface area (Å²) in [6.45, 7) is 11.0. The van der Waals surface area contributed by atoms with E-state index in [9.17, 15) is 14.4 Å². The normalized spacial score (nSPS) is 16.6. The molecule has 0 radical (unpaired) electrons. The van der Waals surface area contributed by atoms with Gasteiger partial charge in [-0.15, -0.1) is 0 Å². The predicted molar refractivity (Wildman–Crippen MR) is 184 cm³/mol. The van der Waals surface area contributed by atoms with Gasteiger partial charge in [0.2, 0.25) is 6.10 Å². The zero-order valence-electron chi connectivity index (χ0n) is 24.8. The maximum absolute atomic E-state index is 14.4. The van der Waals surface area contributed by atoms with Crippen LogP contribution in [0.25, 0.3) is 0 Å². The molecule has 0 saturated carbocycles. The Morgan fingerprint density at radius 2 is 1.16 bits per heavy atom. The first kappa shape index (κ1) is 41.1. The van der Waals surface area contributed by atoms with Crippen molar-refractivity contribution in [2.75, 3.05) is 6.61 Å². The van der Waals surface area contributed by atoms with Gasteiger partial charge in [0.25, 0.3) is 0 Å². The van der Waals surface area contributed by atoms with Crippen molar-refractivity contribution < 1.29 is 28.6 Å². The number of cyclic esters (lactones) is 1. The lowest BCUT2D eigenvalue weighted by molar-refractivity contribution is -0.176. The molecule has 0 aliphatic carbocycles. The Kier molecular flexibility index (Phi) is 14.5. The van der Waals surface area contributed by atoms with Crippen LogP contribution in [0, 0.1) is 16.2 Å². The highest BCUT2D eigenvalue weighted by molar-refractivity contribution is 5.85. The number of ether oxygens (including phenoxy) is 3. The zero-order valence-corrected chi connectivity index (χ0v) is 24.8. The lowest BCUT2D eigenvalue weighted by atomic mass is 9.72. The molecule has 1 saturated heterocycles. The van der Waals surface area contributed by atoms with Crippen LogP contribution in [0.3, 0.4) is 0 Å². The van der Waals surface area contributed by atoms with Crippen molar-refractivity contribution in [1.82, 2.24) is 0 Å². The summed E-state index contributed by atoms with van der Waals surface area (Å²) >= 11 is 0. The standard InChI is InChI=1S/C35H40O6.4CH4/c1-7-34(6,23-32(2,3)30(37)40-28-29(36)39-24-33(28,4)5)31(38)41-35(25-17-11-8-12-18-25,26-19-13-9-14-20-26)27-21-15-10-16-22-27;;;;/h8-22,28H,7,23-24H2,1-6H3;4*1H4. The highest BCUT2D eigenvalue weighted by atomic mass is 16.6. The third kappa shape index (κ3) is 8.22. The summed E-state index contributed by atoms with van der Waals surface area (Å²) in [4.78, 5) is 40.1. The van der Waals surface area contributed by atoms with Crippen LogP contribution in [0.5, 0.6) is 0 Å². The minimum atomic E-state index is -1.22. The Labute approximate surface area is 272 Å². The molecule has 3 aromatic rings. The van der Waals surface area contributed by atoms with Crippen LogP contribution in [0.2, 0.25) is 0 Å². The number of benzene rings is 3. The summed E-state index contributed by atoms with van der Waals surface area (Å²) in [7, 11) is 0. The number of rotatable bonds is 10. The van der Waals surface area contributed by atoms with Crippen LogP contribution in [0.15, 0.2) is 91.0 Å². The maximum atomic E-state index is 14.4. The van der Waals surface area contributed by atoms with E-state index >= 15 is 0 Å². The van der Waals surface area contributed by atoms with Gasteiger partial charge in [0.1, 0.15) is 6.61 Å². The third-order valence-electron chi connectivity index (χ3n) is 8.18. The minimum absolute atomic E-state index is 0. The number of esters is 3. The highest BCUT2D eigenvalue weighted by Crippen LogP contribution is 2.45. The molecular weight excluding hydrogens is 564 g/mol. The second-order valence-electron chi connectivity index (χ2n) is 12.5. The quantitative estimate of drug-likeness (QED) is 0.128. The molecule has 0 spiro atoms. The van der Waals surface area contributed by atoms with Crippen molar-refractivity contribution in [3.05, 3.63) is 108 Å². The van der Waals surface area contributed by atoms with Gasteiger partial charge in [0.15, 0.2) is 5.60 Å². The summed E-state index contributed by atoms with van der Waals surface area (Å²) in [6, 6.07) is 29.1. The molecule has 1 aliphatic rings. The monoisotopic (exact) mass is 620 g/mol. The Bertz CT molecular complexity index is 1270. The average Bonchev–Trinajstić information content (AvgIpc) is 3.23. The van der Waals surface area contributed by atoms with Crippen LogP contribution >= 0.6 is 0 Å². The minimum Gasteiger partial charge on any atom is -0.462 e. The smallest absolute Gasteiger partial charge is 0.348 e. The van der Waals surface area contributed by atoms with Crippen molar-refractivity contribution in [3.63, 3.8) is 0 Å². The van der Waals surface area contributed by atoms with Gasteiger partial charge in [0.05, 0.1) is 10.8 Å². The molecule has 248 valence electrons. The molecule has 2 atom stereocenters. The van der Waals surface area contributed by atoms with Crippen LogP contribution in [-0.2, 0) is 34.2 Å². The van der Waals surface area contributed by atoms with E-state index in [1.807, 2.05) is 119 Å². The molecule has 1 fully saturated rings. The fourth-order valence-electron chi connectivity index (χ4n) is 5.55. The van der Waals surface area contributed by atoms with Crippen LogP contribution in [-0.4, -0.2) is 30.6 Å². The van der Waals surface area contributed by atoms with Crippen LogP contribution in [0.1, 0.15) is 101 Å². The summed E-state index contributed by atoms with van der Waals surface area (Å²) in [5.74, 6) is -1.53. The lowest BCUT2D eigenvalue weighted by Crippen LogP contribution is -2.45. The second-order valence-corrected chi connectivity index (χ2v) is 12.5. The molecular formula is C39H56O6. The summed E-state index contributed by atoms with van der Waals surface area (Å²) in [5, 5.41) is 0. The molecule has 0 amide bonds. The second kappa shape index (κ2) is 15.9. The van der Waals surface area contributed by atoms with Gasteiger partial charge in [-0.3, -0.25) is 9.59 Å². The van der Waals surface area contributed by atoms with Crippen molar-refractivity contribution in [1.29, 1.82) is 0 Å². The molecule has 0 aromatic heterocycles. The maximum Gasteiger partial charge on any atom is 0.348 e. The number of hydrogen-bond donors (Lipinski definition) is 0. The van der Waals surface area contributed by atoms with E-state index in [-0.39, 0.29) is 42.7 Å². The highest BCUT2D eigenvalue weighted by Gasteiger charge is 2.51. The lowest BCUT2D eigenvalue weighted by Gasteiger charge is -2.40. The van der Waals surface area contributed by atoms with Crippen molar-refractivity contribution in [3.8, 4) is 0 Å². The molecule has 4 rings (SSSR count). The first-order chi connectivity index (χ1) is 19.4. The Morgan fingerprint density at radius 3 is 1.49 bits per heavy atom. The van der Waals surface area contributed by atoms with Gasteiger partial charge in [-0.05, 0) is 33.6 Å². The number of hydrogen-bond acceptors (Lipinski definition) is 6. The molecule has 2 unspecified atom stereocenters. The van der Waals surface area contributed by atoms with E-state index < -0.39 is 45.9 Å². The largest absolute Gasteiger partial charge is 0.462 e. The Balaban J connectivity index is 0.00000484. The summed E-state index contributed by atoms with van der Waals surface area (Å²) in [5.41, 5.74) is -1.55. The van der Waals surface area contributed by atoms with Gasteiger partial charge in [0, 0.05) is 22.1 Å². The van der Waals surface area contributed by atoms with Gasteiger partial charge >= 0.3 is 17.9 Å². The van der Waals surface area contributed by atoms with E-state index in [1.54, 1.807) is 13.8 Å². The first-order valence-electron chi connectivity index (χ1n) is 14.1. The Hall–Kier alpha value is -3.93. The number of carbonyl (C=O) groups is 3. The molecule has 45 heavy (non-hydrogen) atoms. The van der Waals surface area contributed by atoms with E-state index in [4.69, 9.17) is 14.2 Å². The number of carbonyl (C=O) groups excluding carboxylic acids is 3. The van der Waals surface area contributed by atoms with E-state index in [0.29, 0.717) is 6.42 Å². The summed E-state index contributed by atoms with van der Waals surface area (Å²) < 4.78 is 17.6. The molecule has 0 bridgehead atoms. The molecule has 1 aliphatic heterocycles. The Morgan fingerprint density at radius 1 is 0.756 bits per heavy atom. The van der Waals surface area contributed by atoms with Gasteiger partial charge < -0.3 is 14.2 Å². The average molecular weight is 621 g/mol. The van der Waals surface area contributed by atoms with Gasteiger partial charge in [-0.1, -0.05) is 141 Å². The third-order valence-corrected chi connectivity index (χ3v) is 8.18. The van der Waals surface area contributed by atoms with E-state index in [2.05, 4.69) is 0 Å². The SMILES string of the molecule is C.C.C.C.CCC(C)(CC(C)(C)C(=O)OC1C(=O)OCC1(C)C)C(=O)OC(c1ccccc1)(c1ccccc1)c1ccccc1. The molecule has 6 heteroatoms. The molecule has 6 nitrogen and oxygen atoms in total. The fourth-order valence-corrected chi connectivity index (χ4v) is 5.55. The van der Waals surface area contributed by atoms with E-state index in [1.165, 1.54) is 0 Å². The predicted octanol–water partition coefficient (Wildman–Crippen LogP) is 9.39. The van der Waals surface area contributed by atoms with Crippen molar-refractivity contribution in [2.45, 2.75) is 95.8 Å². The van der Waals surface area contributed by atoms with Crippen LogP contribution in [0.4, 0.5) is 0 Å². The zero-order chi connectivity index (χ0) is 29.9. The molecule has 0 N–H and O–H groups in total. The molecule has 1 heterocycles. The van der Waals surface area contributed by atoms with Crippen molar-refractivity contribution >= 4 is 17.9 Å². The fraction of sp³-hybridized carbons (Fsp3) is 0.462. The van der Waals surface area contributed by atoms with Gasteiger partial charge in [-0.2, -0.15) is 0 Å². The van der Waals surface area contributed by atoms with Gasteiger partial charge in [-0.25, -0.2) is 4.79 Å². The topological polar surface area (TPSA) is 78.9 Å². The van der Waals surface area contributed by atoms with E-state index in [0.717, 1.165) is 16.7 Å².